The molecule has 1 fully saturated rings. The highest BCUT2D eigenvalue weighted by atomic mass is 32.1. The van der Waals surface area contributed by atoms with Crippen molar-refractivity contribution in [3.05, 3.63) is 64.7 Å². The van der Waals surface area contributed by atoms with Crippen LogP contribution in [0.25, 0.3) is 10.2 Å². The van der Waals surface area contributed by atoms with Crippen LogP contribution in [0.3, 0.4) is 0 Å². The van der Waals surface area contributed by atoms with E-state index in [-0.39, 0.29) is 5.91 Å². The molecule has 5 heteroatoms. The van der Waals surface area contributed by atoms with Crippen molar-refractivity contribution in [2.75, 3.05) is 13.6 Å². The maximum atomic E-state index is 12.7. The third-order valence-electron chi connectivity index (χ3n) is 5.75. The predicted octanol–water partition coefficient (Wildman–Crippen LogP) is 4.62. The van der Waals surface area contributed by atoms with E-state index in [2.05, 4.69) is 61.3 Å². The Labute approximate surface area is 170 Å². The van der Waals surface area contributed by atoms with Gasteiger partial charge in [0.05, 0.1) is 16.8 Å². The molecule has 1 amide bonds. The van der Waals surface area contributed by atoms with Crippen LogP contribution >= 0.6 is 11.3 Å². The quantitative estimate of drug-likeness (QED) is 0.635. The normalized spacial score (nSPS) is 18.0. The molecule has 3 aromatic rings. The molecule has 1 atom stereocenters. The summed E-state index contributed by atoms with van der Waals surface area (Å²) < 4.78 is 1.24. The third-order valence-corrected chi connectivity index (χ3v) is 6.77. The van der Waals surface area contributed by atoms with Crippen molar-refractivity contribution in [1.82, 2.24) is 14.8 Å². The van der Waals surface area contributed by atoms with E-state index in [1.54, 1.807) is 11.3 Å². The first-order valence-electron chi connectivity index (χ1n) is 9.97. The summed E-state index contributed by atoms with van der Waals surface area (Å²) in [5, 5.41) is 1.15. The number of aryl methyl sites for hydroxylation is 1. The standard InChI is InChI=1S/C23H27N3OS/c1-17-7-3-4-8-18(17)15-26-14-13-19(11-12-23(26)27)25(2)16-22-24-20-9-5-6-10-21(20)28-22/h3-10,19H,11-16H2,1-2H3. The number of rotatable bonds is 5. The number of para-hydroxylation sites is 1. The van der Waals surface area contributed by atoms with E-state index in [1.807, 2.05) is 11.0 Å². The predicted molar refractivity (Wildman–Crippen MR) is 115 cm³/mol. The number of nitrogens with zero attached hydrogens (tertiary/aromatic N) is 3. The van der Waals surface area contributed by atoms with Crippen molar-refractivity contribution in [1.29, 1.82) is 0 Å². The third kappa shape index (κ3) is 4.26. The van der Waals surface area contributed by atoms with Gasteiger partial charge in [-0.1, -0.05) is 36.4 Å². The molecule has 0 radical (unpaired) electrons. The van der Waals surface area contributed by atoms with E-state index in [9.17, 15) is 4.79 Å². The molecule has 0 spiro atoms. The summed E-state index contributed by atoms with van der Waals surface area (Å²) in [5.74, 6) is 0.277. The Hall–Kier alpha value is -2.24. The number of fused-ring (bicyclic) bond motifs is 1. The lowest BCUT2D eigenvalue weighted by Crippen LogP contribution is -2.33. The van der Waals surface area contributed by atoms with Crippen molar-refractivity contribution in [3.63, 3.8) is 0 Å². The van der Waals surface area contributed by atoms with Crippen LogP contribution in [-0.4, -0.2) is 40.3 Å². The van der Waals surface area contributed by atoms with E-state index in [0.717, 1.165) is 43.0 Å². The molecular weight excluding hydrogens is 366 g/mol. The fourth-order valence-corrected chi connectivity index (χ4v) is 4.98. The minimum Gasteiger partial charge on any atom is -0.338 e. The number of amides is 1. The van der Waals surface area contributed by atoms with Gasteiger partial charge in [0, 0.05) is 25.6 Å². The fourth-order valence-electron chi connectivity index (χ4n) is 3.95. The molecule has 1 aliphatic rings. The molecule has 1 aliphatic heterocycles. The van der Waals surface area contributed by atoms with Gasteiger partial charge < -0.3 is 4.90 Å². The summed E-state index contributed by atoms with van der Waals surface area (Å²) in [7, 11) is 2.16. The van der Waals surface area contributed by atoms with Crippen molar-refractivity contribution in [2.45, 2.75) is 45.3 Å². The van der Waals surface area contributed by atoms with Crippen molar-refractivity contribution in [3.8, 4) is 0 Å². The second-order valence-corrected chi connectivity index (χ2v) is 8.83. The SMILES string of the molecule is Cc1ccccc1CN1CCC(N(C)Cc2nc3ccccc3s2)CCC1=O. The molecule has 1 saturated heterocycles. The molecule has 0 bridgehead atoms. The van der Waals surface area contributed by atoms with E-state index >= 15 is 0 Å². The average Bonchev–Trinajstić information content (AvgIpc) is 3.00. The highest BCUT2D eigenvalue weighted by Gasteiger charge is 2.25. The number of carbonyl (C=O) groups excluding carboxylic acids is 1. The van der Waals surface area contributed by atoms with Gasteiger partial charge in [-0.3, -0.25) is 9.69 Å². The molecule has 0 saturated carbocycles. The molecule has 1 unspecified atom stereocenters. The van der Waals surface area contributed by atoms with Gasteiger partial charge in [0.2, 0.25) is 5.91 Å². The van der Waals surface area contributed by atoms with Gasteiger partial charge in [0.25, 0.3) is 0 Å². The molecule has 0 N–H and O–H groups in total. The van der Waals surface area contributed by atoms with Gasteiger partial charge in [0.15, 0.2) is 0 Å². The first-order valence-corrected chi connectivity index (χ1v) is 10.8. The van der Waals surface area contributed by atoms with Crippen LogP contribution in [0.15, 0.2) is 48.5 Å². The van der Waals surface area contributed by atoms with Crippen LogP contribution in [0, 0.1) is 6.92 Å². The molecule has 2 aromatic carbocycles. The van der Waals surface area contributed by atoms with Crippen LogP contribution in [0.4, 0.5) is 0 Å². The van der Waals surface area contributed by atoms with Gasteiger partial charge in [-0.25, -0.2) is 4.98 Å². The molecular formula is C23H27N3OS. The Balaban J connectivity index is 1.39. The second-order valence-electron chi connectivity index (χ2n) is 7.71. The summed E-state index contributed by atoms with van der Waals surface area (Å²) >= 11 is 1.77. The Morgan fingerprint density at radius 1 is 1.14 bits per heavy atom. The Morgan fingerprint density at radius 2 is 1.93 bits per heavy atom. The number of hydrogen-bond donors (Lipinski definition) is 0. The first-order chi connectivity index (χ1) is 13.6. The maximum absolute atomic E-state index is 12.7. The van der Waals surface area contributed by atoms with Crippen molar-refractivity contribution in [2.24, 2.45) is 0 Å². The van der Waals surface area contributed by atoms with Gasteiger partial charge >= 0.3 is 0 Å². The van der Waals surface area contributed by atoms with Crippen molar-refractivity contribution < 1.29 is 4.79 Å². The maximum Gasteiger partial charge on any atom is 0.222 e. The minimum absolute atomic E-state index is 0.277. The molecule has 0 aliphatic carbocycles. The highest BCUT2D eigenvalue weighted by Crippen LogP contribution is 2.25. The van der Waals surface area contributed by atoms with E-state index < -0.39 is 0 Å². The van der Waals surface area contributed by atoms with E-state index in [0.29, 0.717) is 12.5 Å². The monoisotopic (exact) mass is 393 g/mol. The summed E-state index contributed by atoms with van der Waals surface area (Å²) in [6.07, 6.45) is 2.56. The zero-order valence-electron chi connectivity index (χ0n) is 16.6. The molecule has 1 aromatic heterocycles. The fraction of sp³-hybridized carbons (Fsp3) is 0.391. The van der Waals surface area contributed by atoms with Gasteiger partial charge in [-0.2, -0.15) is 0 Å². The first kappa shape index (κ1) is 19.1. The lowest BCUT2D eigenvalue weighted by Gasteiger charge is -2.26. The van der Waals surface area contributed by atoms with Gasteiger partial charge in [0.1, 0.15) is 5.01 Å². The lowest BCUT2D eigenvalue weighted by atomic mass is 10.1. The summed E-state index contributed by atoms with van der Waals surface area (Å²) in [6, 6.07) is 17.1. The molecule has 2 heterocycles. The van der Waals surface area contributed by atoms with Crippen LogP contribution in [0.2, 0.25) is 0 Å². The zero-order valence-corrected chi connectivity index (χ0v) is 17.4. The van der Waals surface area contributed by atoms with E-state index in [1.165, 1.54) is 15.8 Å². The number of likely N-dealkylation sites (tertiary alicyclic amines) is 1. The molecule has 4 nitrogen and oxygen atoms in total. The largest absolute Gasteiger partial charge is 0.338 e. The molecule has 4 rings (SSSR count). The summed E-state index contributed by atoms with van der Waals surface area (Å²) in [5.41, 5.74) is 3.58. The topological polar surface area (TPSA) is 36.4 Å². The highest BCUT2D eigenvalue weighted by molar-refractivity contribution is 7.18. The number of thiazole rings is 1. The Bertz CT molecular complexity index is 934. The molecule has 146 valence electrons. The summed E-state index contributed by atoms with van der Waals surface area (Å²) in [6.45, 7) is 4.50. The zero-order chi connectivity index (χ0) is 19.5. The number of carbonyl (C=O) groups is 1. The summed E-state index contributed by atoms with van der Waals surface area (Å²) in [4.78, 5) is 21.8. The Kier molecular flexibility index (Phi) is 5.74. The van der Waals surface area contributed by atoms with E-state index in [4.69, 9.17) is 4.98 Å². The second kappa shape index (κ2) is 8.41. The van der Waals surface area contributed by atoms with Gasteiger partial charge in [-0.15, -0.1) is 11.3 Å². The van der Waals surface area contributed by atoms with Crippen LogP contribution in [-0.2, 0) is 17.9 Å². The smallest absolute Gasteiger partial charge is 0.222 e. The number of benzene rings is 2. The lowest BCUT2D eigenvalue weighted by molar-refractivity contribution is -0.131. The Morgan fingerprint density at radius 3 is 2.75 bits per heavy atom. The van der Waals surface area contributed by atoms with Crippen LogP contribution < -0.4 is 0 Å². The average molecular weight is 394 g/mol. The minimum atomic E-state index is 0.277. The van der Waals surface area contributed by atoms with Crippen LogP contribution in [0.1, 0.15) is 35.4 Å². The van der Waals surface area contributed by atoms with Crippen LogP contribution in [0.5, 0.6) is 0 Å². The number of aromatic nitrogens is 1. The van der Waals surface area contributed by atoms with Gasteiger partial charge in [-0.05, 0) is 50.1 Å². The van der Waals surface area contributed by atoms with Crippen molar-refractivity contribution >= 4 is 27.5 Å². The molecule has 28 heavy (non-hydrogen) atoms. The number of hydrogen-bond acceptors (Lipinski definition) is 4.